The fraction of sp³-hybridized carbons (Fsp3) is 0.391. The molecule has 0 radical (unpaired) electrons. The van der Waals surface area contributed by atoms with Crippen molar-refractivity contribution in [3.63, 3.8) is 0 Å². The molecule has 2 aromatic carbocycles. The van der Waals surface area contributed by atoms with Crippen molar-refractivity contribution in [2.45, 2.75) is 32.2 Å². The second-order valence-electron chi connectivity index (χ2n) is 7.90. The Kier molecular flexibility index (Phi) is 6.16. The van der Waals surface area contributed by atoms with Crippen molar-refractivity contribution in [2.75, 3.05) is 19.5 Å². The molecule has 4 rings (SSSR count). The minimum atomic E-state index is -0.113. The van der Waals surface area contributed by atoms with Crippen LogP contribution in [0.25, 0.3) is 10.9 Å². The Balaban J connectivity index is 1.36. The molecular weight excluding hydrogens is 396 g/mol. The molecule has 1 N–H and O–H groups in total. The second kappa shape index (κ2) is 9.16. The van der Waals surface area contributed by atoms with Crippen LogP contribution in [0.2, 0.25) is 0 Å². The van der Waals surface area contributed by atoms with E-state index in [-0.39, 0.29) is 17.4 Å². The smallest absolute Gasteiger partial charge is 0.277 e. The normalized spacial score (nSPS) is 18.5. The highest BCUT2D eigenvalue weighted by Crippen LogP contribution is 2.31. The van der Waals surface area contributed by atoms with Gasteiger partial charge in [0, 0.05) is 36.3 Å². The van der Waals surface area contributed by atoms with E-state index in [1.165, 1.54) is 4.68 Å². The lowest BCUT2D eigenvalue weighted by atomic mass is 9.81. The second-order valence-corrected chi connectivity index (χ2v) is 7.90. The quantitative estimate of drug-likeness (QED) is 0.655. The van der Waals surface area contributed by atoms with Crippen molar-refractivity contribution < 1.29 is 14.3 Å². The predicted octanol–water partition coefficient (Wildman–Crippen LogP) is 3.25. The van der Waals surface area contributed by atoms with Gasteiger partial charge in [0.2, 0.25) is 5.91 Å². The minimum absolute atomic E-state index is 0.00331. The Morgan fingerprint density at radius 1 is 1.06 bits per heavy atom. The van der Waals surface area contributed by atoms with Crippen LogP contribution >= 0.6 is 0 Å². The number of hydrogen-bond donors (Lipinski definition) is 1. The summed E-state index contributed by atoms with van der Waals surface area (Å²) in [6.07, 6.45) is 3.27. The molecule has 1 aromatic heterocycles. The van der Waals surface area contributed by atoms with Crippen LogP contribution in [0.1, 0.15) is 25.7 Å². The molecule has 0 saturated heterocycles. The van der Waals surface area contributed by atoms with Gasteiger partial charge >= 0.3 is 0 Å². The van der Waals surface area contributed by atoms with E-state index in [1.807, 2.05) is 12.1 Å². The van der Waals surface area contributed by atoms with Gasteiger partial charge in [-0.15, -0.1) is 5.10 Å². The van der Waals surface area contributed by atoms with Crippen LogP contribution in [0.4, 0.5) is 5.69 Å². The Morgan fingerprint density at radius 3 is 2.42 bits per heavy atom. The molecule has 1 fully saturated rings. The molecule has 1 amide bonds. The van der Waals surface area contributed by atoms with Gasteiger partial charge in [0.05, 0.1) is 19.6 Å². The molecule has 1 saturated carbocycles. The number of nitrogens with zero attached hydrogens (tertiary/aromatic N) is 3. The molecule has 1 aliphatic rings. The largest absolute Gasteiger partial charge is 0.497 e. The highest BCUT2D eigenvalue weighted by Gasteiger charge is 2.27. The molecule has 0 spiro atoms. The molecule has 31 heavy (non-hydrogen) atoms. The lowest BCUT2D eigenvalue weighted by molar-refractivity contribution is -0.121. The number of fused-ring (bicyclic) bond motifs is 1. The number of benzene rings is 2. The molecule has 3 aromatic rings. The molecule has 0 bridgehead atoms. The topological polar surface area (TPSA) is 95.3 Å². The maximum absolute atomic E-state index is 12.8. The third-order valence-corrected chi connectivity index (χ3v) is 5.90. The number of methoxy groups -OCH3 is 2. The molecule has 0 aliphatic heterocycles. The Morgan fingerprint density at radius 2 is 1.74 bits per heavy atom. The van der Waals surface area contributed by atoms with E-state index in [0.717, 1.165) is 25.7 Å². The zero-order valence-corrected chi connectivity index (χ0v) is 17.7. The van der Waals surface area contributed by atoms with E-state index < -0.39 is 0 Å². The molecule has 1 heterocycles. The number of anilines is 1. The number of carbonyl (C=O) groups is 1. The summed E-state index contributed by atoms with van der Waals surface area (Å²) in [4.78, 5) is 25.4. The van der Waals surface area contributed by atoms with Gasteiger partial charge in [-0.05, 0) is 43.7 Å². The van der Waals surface area contributed by atoms with E-state index in [9.17, 15) is 9.59 Å². The molecule has 8 heteroatoms. The molecule has 162 valence electrons. The number of ether oxygens (including phenoxy) is 2. The fourth-order valence-electron chi connectivity index (χ4n) is 4.12. The summed E-state index contributed by atoms with van der Waals surface area (Å²) in [5.41, 5.74) is 1.15. The van der Waals surface area contributed by atoms with E-state index in [0.29, 0.717) is 40.6 Å². The Hall–Kier alpha value is -3.42. The predicted molar refractivity (Wildman–Crippen MR) is 117 cm³/mol. The van der Waals surface area contributed by atoms with Crippen molar-refractivity contribution in [1.29, 1.82) is 0 Å². The van der Waals surface area contributed by atoms with Crippen molar-refractivity contribution >= 4 is 22.5 Å². The van der Waals surface area contributed by atoms with E-state index in [1.54, 1.807) is 44.6 Å². The number of carbonyl (C=O) groups excluding carboxylic acids is 1. The summed E-state index contributed by atoms with van der Waals surface area (Å²) in [7, 11) is 3.15. The SMILES string of the molecule is COc1cc(NC(=O)C2CCC(Cn3nnc4ccccc4c3=O)CC2)cc(OC)c1. The first kappa shape index (κ1) is 20.8. The van der Waals surface area contributed by atoms with Crippen LogP contribution < -0.4 is 20.3 Å². The fourth-order valence-corrected chi connectivity index (χ4v) is 4.12. The van der Waals surface area contributed by atoms with E-state index in [2.05, 4.69) is 15.6 Å². The first-order valence-corrected chi connectivity index (χ1v) is 10.4. The lowest BCUT2D eigenvalue weighted by Gasteiger charge is -2.27. The van der Waals surface area contributed by atoms with Crippen molar-refractivity contribution in [3.05, 3.63) is 52.8 Å². The Labute approximate surface area is 180 Å². The van der Waals surface area contributed by atoms with Gasteiger partial charge in [-0.1, -0.05) is 17.3 Å². The summed E-state index contributed by atoms with van der Waals surface area (Å²) in [5, 5.41) is 11.8. The van der Waals surface area contributed by atoms with Gasteiger partial charge in [-0.3, -0.25) is 9.59 Å². The van der Waals surface area contributed by atoms with E-state index in [4.69, 9.17) is 9.47 Å². The third-order valence-electron chi connectivity index (χ3n) is 5.90. The number of hydrogen-bond acceptors (Lipinski definition) is 6. The van der Waals surface area contributed by atoms with Crippen LogP contribution in [0.3, 0.4) is 0 Å². The summed E-state index contributed by atoms with van der Waals surface area (Å²) < 4.78 is 12.0. The average Bonchev–Trinajstić information content (AvgIpc) is 2.81. The minimum Gasteiger partial charge on any atom is -0.497 e. The number of rotatable bonds is 6. The standard InChI is InChI=1S/C23H26N4O4/c1-30-18-11-17(12-19(13-18)31-2)24-22(28)16-9-7-15(8-10-16)14-27-23(29)20-5-3-4-6-21(20)25-26-27/h3-6,11-13,15-16H,7-10,14H2,1-2H3,(H,24,28). The summed E-state index contributed by atoms with van der Waals surface area (Å²) in [6, 6.07) is 12.5. The van der Waals surface area contributed by atoms with Gasteiger partial charge in [-0.25, -0.2) is 4.68 Å². The maximum Gasteiger partial charge on any atom is 0.277 e. The Bertz CT molecular complexity index is 1110. The average molecular weight is 422 g/mol. The van der Waals surface area contributed by atoms with Crippen LogP contribution in [0, 0.1) is 11.8 Å². The number of aromatic nitrogens is 3. The van der Waals surface area contributed by atoms with Crippen molar-refractivity contribution in [3.8, 4) is 11.5 Å². The van der Waals surface area contributed by atoms with Crippen LogP contribution in [-0.2, 0) is 11.3 Å². The van der Waals surface area contributed by atoms with Crippen LogP contribution in [-0.4, -0.2) is 35.1 Å². The van der Waals surface area contributed by atoms with Gasteiger partial charge in [0.25, 0.3) is 5.56 Å². The molecule has 0 unspecified atom stereocenters. The lowest BCUT2D eigenvalue weighted by Crippen LogP contribution is -2.32. The summed E-state index contributed by atoms with van der Waals surface area (Å²) in [6.45, 7) is 0.526. The highest BCUT2D eigenvalue weighted by atomic mass is 16.5. The van der Waals surface area contributed by atoms with Crippen LogP contribution in [0.5, 0.6) is 11.5 Å². The third kappa shape index (κ3) is 4.68. The highest BCUT2D eigenvalue weighted by molar-refractivity contribution is 5.93. The van der Waals surface area contributed by atoms with Gasteiger partial charge < -0.3 is 14.8 Å². The molecular formula is C23H26N4O4. The number of nitrogens with one attached hydrogen (secondary N) is 1. The maximum atomic E-state index is 12.8. The first-order chi connectivity index (χ1) is 15.1. The van der Waals surface area contributed by atoms with E-state index >= 15 is 0 Å². The zero-order valence-electron chi connectivity index (χ0n) is 17.7. The number of amides is 1. The first-order valence-electron chi connectivity index (χ1n) is 10.4. The zero-order chi connectivity index (χ0) is 21.8. The van der Waals surface area contributed by atoms with Gasteiger partial charge in [-0.2, -0.15) is 0 Å². The van der Waals surface area contributed by atoms with Gasteiger partial charge in [0.1, 0.15) is 17.0 Å². The van der Waals surface area contributed by atoms with Crippen LogP contribution in [0.15, 0.2) is 47.3 Å². The molecule has 1 aliphatic carbocycles. The summed E-state index contributed by atoms with van der Waals surface area (Å²) >= 11 is 0. The summed E-state index contributed by atoms with van der Waals surface area (Å²) in [5.74, 6) is 1.49. The molecule has 8 nitrogen and oxygen atoms in total. The molecule has 0 atom stereocenters. The van der Waals surface area contributed by atoms with Gasteiger partial charge in [0.15, 0.2) is 0 Å². The van der Waals surface area contributed by atoms with Crippen molar-refractivity contribution in [2.24, 2.45) is 11.8 Å². The van der Waals surface area contributed by atoms with Crippen molar-refractivity contribution in [1.82, 2.24) is 15.0 Å². The monoisotopic (exact) mass is 422 g/mol.